The number of nitriles is 1. The number of hydrogen-bond acceptors (Lipinski definition) is 3. The van der Waals surface area contributed by atoms with E-state index in [2.05, 4.69) is 15.9 Å². The number of rotatable bonds is 2. The average Bonchev–Trinajstić information content (AvgIpc) is 2.16. The van der Waals surface area contributed by atoms with Gasteiger partial charge in [-0.15, -0.1) is 0 Å². The number of carboxylic acids is 1. The van der Waals surface area contributed by atoms with Gasteiger partial charge >= 0.3 is 5.97 Å². The number of nitrogens with zero attached hydrogens (tertiary/aromatic N) is 1. The van der Waals surface area contributed by atoms with Crippen LogP contribution in [0.25, 0.3) is 0 Å². The molecule has 5 heteroatoms. The van der Waals surface area contributed by atoms with Crippen LogP contribution in [0.5, 0.6) is 0 Å². The lowest BCUT2D eigenvalue weighted by molar-refractivity contribution is 0.0696. The molecular formula is C9H6BrNO3. The van der Waals surface area contributed by atoms with Crippen LogP contribution in [0.3, 0.4) is 0 Å². The van der Waals surface area contributed by atoms with Gasteiger partial charge in [-0.2, -0.15) is 5.26 Å². The molecule has 1 aromatic carbocycles. The van der Waals surface area contributed by atoms with Crippen molar-refractivity contribution in [3.8, 4) is 6.07 Å². The zero-order valence-corrected chi connectivity index (χ0v) is 8.58. The molecule has 0 saturated heterocycles. The molecule has 0 heterocycles. The Labute approximate surface area is 88.5 Å². The first kappa shape index (κ1) is 10.7. The molecule has 0 aliphatic carbocycles. The van der Waals surface area contributed by atoms with Gasteiger partial charge in [-0.25, -0.2) is 4.79 Å². The number of aliphatic hydroxyl groups excluding tert-OH is 1. The average molecular weight is 256 g/mol. The number of carbonyl (C=O) groups is 1. The number of benzene rings is 1. The van der Waals surface area contributed by atoms with Gasteiger partial charge in [0.1, 0.15) is 0 Å². The molecule has 0 atom stereocenters. The summed E-state index contributed by atoms with van der Waals surface area (Å²) in [4.78, 5) is 10.6. The molecule has 0 saturated carbocycles. The Morgan fingerprint density at radius 2 is 2.21 bits per heavy atom. The summed E-state index contributed by atoms with van der Waals surface area (Å²) < 4.78 is 0.427. The summed E-state index contributed by atoms with van der Waals surface area (Å²) in [7, 11) is 0. The normalized spacial score (nSPS) is 9.50. The van der Waals surface area contributed by atoms with Crippen molar-refractivity contribution < 1.29 is 15.0 Å². The molecule has 72 valence electrons. The smallest absolute Gasteiger partial charge is 0.335 e. The van der Waals surface area contributed by atoms with E-state index in [9.17, 15) is 4.79 Å². The lowest BCUT2D eigenvalue weighted by Crippen LogP contribution is -2.00. The Morgan fingerprint density at radius 1 is 1.57 bits per heavy atom. The molecule has 0 spiro atoms. The predicted molar refractivity (Wildman–Crippen MR) is 51.7 cm³/mol. The quantitative estimate of drug-likeness (QED) is 0.840. The molecule has 14 heavy (non-hydrogen) atoms. The van der Waals surface area contributed by atoms with E-state index in [1.54, 1.807) is 0 Å². The van der Waals surface area contributed by atoms with Crippen LogP contribution < -0.4 is 0 Å². The maximum Gasteiger partial charge on any atom is 0.335 e. The molecule has 0 fully saturated rings. The Hall–Kier alpha value is -1.38. The van der Waals surface area contributed by atoms with Crippen LogP contribution >= 0.6 is 15.9 Å². The Morgan fingerprint density at radius 3 is 2.64 bits per heavy atom. The van der Waals surface area contributed by atoms with Crippen molar-refractivity contribution in [2.45, 2.75) is 6.61 Å². The zero-order chi connectivity index (χ0) is 10.7. The van der Waals surface area contributed by atoms with E-state index in [1.165, 1.54) is 12.1 Å². The second-order valence-corrected chi connectivity index (χ2v) is 3.41. The van der Waals surface area contributed by atoms with Gasteiger partial charge in [0.25, 0.3) is 0 Å². The molecule has 1 aromatic rings. The Bertz CT molecular complexity index is 423. The molecule has 2 N–H and O–H groups in total. The highest BCUT2D eigenvalue weighted by Crippen LogP contribution is 2.22. The minimum absolute atomic E-state index is 0.0191. The van der Waals surface area contributed by atoms with Crippen LogP contribution in [0.15, 0.2) is 16.6 Å². The van der Waals surface area contributed by atoms with E-state index < -0.39 is 5.97 Å². The molecule has 1 rings (SSSR count). The van der Waals surface area contributed by atoms with E-state index in [-0.39, 0.29) is 17.7 Å². The molecule has 0 unspecified atom stereocenters. The minimum Gasteiger partial charge on any atom is -0.478 e. The van der Waals surface area contributed by atoms with Gasteiger partial charge in [-0.1, -0.05) is 15.9 Å². The standard InChI is InChI=1S/C9H6BrNO3/c10-8-2-5(9(13)14)1-6(3-11)7(8)4-12/h1-2,12H,4H2,(H,13,14). The minimum atomic E-state index is -1.10. The van der Waals surface area contributed by atoms with Gasteiger partial charge in [0.15, 0.2) is 0 Å². The van der Waals surface area contributed by atoms with Crippen molar-refractivity contribution in [1.82, 2.24) is 0 Å². The molecule has 0 radical (unpaired) electrons. The molecule has 4 nitrogen and oxygen atoms in total. The van der Waals surface area contributed by atoms with Gasteiger partial charge in [0.05, 0.1) is 23.8 Å². The van der Waals surface area contributed by atoms with E-state index in [0.717, 1.165) is 0 Å². The van der Waals surface area contributed by atoms with Crippen LogP contribution in [0.4, 0.5) is 0 Å². The SMILES string of the molecule is N#Cc1cc(C(=O)O)cc(Br)c1CO. The van der Waals surface area contributed by atoms with E-state index in [1.807, 2.05) is 6.07 Å². The molecule has 0 bridgehead atoms. The molecule has 0 amide bonds. The molecule has 0 aliphatic rings. The van der Waals surface area contributed by atoms with Crippen molar-refractivity contribution in [2.24, 2.45) is 0 Å². The first-order valence-electron chi connectivity index (χ1n) is 3.66. The monoisotopic (exact) mass is 255 g/mol. The summed E-state index contributed by atoms with van der Waals surface area (Å²) in [5, 5.41) is 26.3. The Balaban J connectivity index is 3.41. The van der Waals surface area contributed by atoms with E-state index >= 15 is 0 Å². The van der Waals surface area contributed by atoms with E-state index in [0.29, 0.717) is 10.0 Å². The van der Waals surface area contributed by atoms with Crippen LogP contribution in [0.1, 0.15) is 21.5 Å². The predicted octanol–water partition coefficient (Wildman–Crippen LogP) is 1.51. The van der Waals surface area contributed by atoms with Crippen LogP contribution in [0, 0.1) is 11.3 Å². The van der Waals surface area contributed by atoms with Crippen molar-refractivity contribution in [1.29, 1.82) is 5.26 Å². The van der Waals surface area contributed by atoms with Gasteiger partial charge in [-0.3, -0.25) is 0 Å². The fourth-order valence-corrected chi connectivity index (χ4v) is 1.61. The third-order valence-corrected chi connectivity index (χ3v) is 2.43. The van der Waals surface area contributed by atoms with Crippen LogP contribution in [-0.4, -0.2) is 16.2 Å². The zero-order valence-electron chi connectivity index (χ0n) is 6.99. The first-order chi connectivity index (χ1) is 6.60. The number of carboxylic acid groups (broad SMARTS) is 1. The number of aromatic carboxylic acids is 1. The lowest BCUT2D eigenvalue weighted by Gasteiger charge is -2.04. The highest BCUT2D eigenvalue weighted by molar-refractivity contribution is 9.10. The van der Waals surface area contributed by atoms with Gasteiger partial charge in [0.2, 0.25) is 0 Å². The lowest BCUT2D eigenvalue weighted by atomic mass is 10.1. The maximum absolute atomic E-state index is 10.6. The third kappa shape index (κ3) is 1.92. The summed E-state index contributed by atoms with van der Waals surface area (Å²) in [5.74, 6) is -1.10. The maximum atomic E-state index is 10.6. The summed E-state index contributed by atoms with van der Waals surface area (Å²) in [6.07, 6.45) is 0. The fourth-order valence-electron chi connectivity index (χ4n) is 1.02. The second-order valence-electron chi connectivity index (χ2n) is 2.56. The summed E-state index contributed by atoms with van der Waals surface area (Å²) in [5.41, 5.74) is 0.586. The van der Waals surface area contributed by atoms with E-state index in [4.69, 9.17) is 15.5 Å². The van der Waals surface area contributed by atoms with Crippen molar-refractivity contribution in [3.05, 3.63) is 33.3 Å². The number of aliphatic hydroxyl groups is 1. The molecule has 0 aromatic heterocycles. The number of halogens is 1. The highest BCUT2D eigenvalue weighted by Gasteiger charge is 2.11. The van der Waals surface area contributed by atoms with Gasteiger partial charge < -0.3 is 10.2 Å². The Kier molecular flexibility index (Phi) is 3.23. The molecular weight excluding hydrogens is 250 g/mol. The van der Waals surface area contributed by atoms with Crippen molar-refractivity contribution in [3.63, 3.8) is 0 Å². The highest BCUT2D eigenvalue weighted by atomic mass is 79.9. The first-order valence-corrected chi connectivity index (χ1v) is 4.46. The summed E-state index contributed by atoms with van der Waals surface area (Å²) in [6, 6.07) is 4.42. The summed E-state index contributed by atoms with van der Waals surface area (Å²) in [6.45, 7) is -0.302. The third-order valence-electron chi connectivity index (χ3n) is 1.72. The fraction of sp³-hybridized carbons (Fsp3) is 0.111. The summed E-state index contributed by atoms with van der Waals surface area (Å²) >= 11 is 3.09. The van der Waals surface area contributed by atoms with Crippen LogP contribution in [-0.2, 0) is 6.61 Å². The largest absolute Gasteiger partial charge is 0.478 e. The van der Waals surface area contributed by atoms with Crippen LogP contribution in [0.2, 0.25) is 0 Å². The number of hydrogen-bond donors (Lipinski definition) is 2. The van der Waals surface area contributed by atoms with Gasteiger partial charge in [-0.05, 0) is 12.1 Å². The molecule has 0 aliphatic heterocycles. The van der Waals surface area contributed by atoms with Crippen molar-refractivity contribution >= 4 is 21.9 Å². The van der Waals surface area contributed by atoms with Gasteiger partial charge in [0, 0.05) is 10.0 Å². The topological polar surface area (TPSA) is 81.3 Å². The second kappa shape index (κ2) is 4.22. The van der Waals surface area contributed by atoms with Crippen molar-refractivity contribution in [2.75, 3.05) is 0 Å².